The quantitative estimate of drug-likeness (QED) is 0.186. The van der Waals surface area contributed by atoms with E-state index in [2.05, 4.69) is 6.58 Å². The van der Waals surface area contributed by atoms with Crippen molar-refractivity contribution in [3.8, 4) is 0 Å². The largest absolute Gasteiger partial charge is 0.478 e. The van der Waals surface area contributed by atoms with Gasteiger partial charge in [-0.3, -0.25) is 4.79 Å². The summed E-state index contributed by atoms with van der Waals surface area (Å²) in [5.74, 6) is -2.85. The van der Waals surface area contributed by atoms with Crippen molar-refractivity contribution in [2.24, 2.45) is 11.3 Å². The first-order valence-corrected chi connectivity index (χ1v) is 12.0. The zero-order valence-electron chi connectivity index (χ0n) is 20.9. The number of carboxylic acids is 1. The minimum Gasteiger partial charge on any atom is -0.478 e. The lowest BCUT2D eigenvalue weighted by Gasteiger charge is -2.41. The van der Waals surface area contributed by atoms with Crippen molar-refractivity contribution in [2.45, 2.75) is 83.5 Å². The minimum atomic E-state index is -1.68. The van der Waals surface area contributed by atoms with Crippen LogP contribution in [-0.4, -0.2) is 87.7 Å². The number of carbonyl (C=O) groups is 2. The van der Waals surface area contributed by atoms with E-state index >= 15 is 0 Å². The van der Waals surface area contributed by atoms with Crippen LogP contribution in [-0.2, 0) is 28.5 Å². The molecule has 11 heteroatoms. The number of carboxylic acid groups (broad SMARTS) is 1. The lowest BCUT2D eigenvalue weighted by Crippen LogP contribution is -2.60. The predicted octanol–water partition coefficient (Wildman–Crippen LogP) is 1.01. The van der Waals surface area contributed by atoms with Crippen LogP contribution in [0.5, 0.6) is 0 Å². The fourth-order valence-electron chi connectivity index (χ4n) is 4.38. The number of rotatable bonds is 12. The number of ether oxygens (including phenoxy) is 4. The third-order valence-electron chi connectivity index (χ3n) is 7.04. The molecule has 204 valence electrons. The van der Waals surface area contributed by atoms with Gasteiger partial charge in [0.2, 0.25) is 6.29 Å². The molecule has 5 N–H and O–H groups in total. The fraction of sp³-hybridized carbons (Fsp3) is 0.680. The van der Waals surface area contributed by atoms with E-state index in [1.54, 1.807) is 13.0 Å². The highest BCUT2D eigenvalue weighted by Crippen LogP contribution is 2.36. The van der Waals surface area contributed by atoms with Crippen LogP contribution in [0.4, 0.5) is 0 Å². The Hall–Kier alpha value is -2.28. The normalized spacial score (nSPS) is 31.9. The second-order valence-corrected chi connectivity index (χ2v) is 9.09. The summed E-state index contributed by atoms with van der Waals surface area (Å²) in [6.07, 6.45) is -2.72. The highest BCUT2D eigenvalue weighted by atomic mass is 16.8. The molecule has 1 fully saturated rings. The van der Waals surface area contributed by atoms with E-state index in [-0.39, 0.29) is 29.6 Å². The van der Waals surface area contributed by atoms with Gasteiger partial charge in [0, 0.05) is 16.9 Å². The van der Waals surface area contributed by atoms with E-state index in [1.165, 1.54) is 6.08 Å². The van der Waals surface area contributed by atoms with Crippen LogP contribution >= 0.6 is 0 Å². The lowest BCUT2D eigenvalue weighted by molar-refractivity contribution is -0.327. The first-order valence-electron chi connectivity index (χ1n) is 12.0. The van der Waals surface area contributed by atoms with Gasteiger partial charge in [-0.15, -0.1) is 6.58 Å². The molecule has 0 aromatic heterocycles. The number of hydrogen-bond acceptors (Lipinski definition) is 10. The molecule has 0 amide bonds. The molecular weight excluding hydrogens is 476 g/mol. The molecule has 2 heterocycles. The second-order valence-electron chi connectivity index (χ2n) is 9.09. The number of aliphatic hydroxyl groups excluding tert-OH is 4. The highest BCUT2D eigenvalue weighted by Gasteiger charge is 2.46. The van der Waals surface area contributed by atoms with Crippen LogP contribution in [0.1, 0.15) is 46.5 Å². The van der Waals surface area contributed by atoms with Gasteiger partial charge in [-0.25, -0.2) is 4.79 Å². The Kier molecular flexibility index (Phi) is 11.1. The summed E-state index contributed by atoms with van der Waals surface area (Å²) >= 11 is 0. The zero-order chi connectivity index (χ0) is 27.0. The first kappa shape index (κ1) is 29.9. The Bertz CT molecular complexity index is 830. The molecule has 2 aliphatic heterocycles. The monoisotopic (exact) mass is 514 g/mol. The van der Waals surface area contributed by atoms with E-state index in [4.69, 9.17) is 18.9 Å². The molecule has 2 aliphatic rings. The Morgan fingerprint density at radius 2 is 1.83 bits per heavy atom. The van der Waals surface area contributed by atoms with Crippen LogP contribution in [0, 0.1) is 11.3 Å². The Balaban J connectivity index is 2.20. The Morgan fingerprint density at radius 1 is 1.17 bits per heavy atom. The van der Waals surface area contributed by atoms with Crippen LogP contribution < -0.4 is 0 Å². The fourth-order valence-corrected chi connectivity index (χ4v) is 4.38. The summed E-state index contributed by atoms with van der Waals surface area (Å²) in [6.45, 7) is 8.90. The SMILES string of the molecule is C=CCC(CC)(CC)COC(=O)C[C@@H]1C(C(=O)O)=CO[C@@H](O[C@@H]2O[C@H](CO)[C@@H](O)[C@H](O)[C@H]2O)/C1=C/C. The maximum Gasteiger partial charge on any atom is 0.335 e. The summed E-state index contributed by atoms with van der Waals surface area (Å²) in [6, 6.07) is 0. The summed E-state index contributed by atoms with van der Waals surface area (Å²) < 4.78 is 22.0. The molecule has 11 nitrogen and oxygen atoms in total. The van der Waals surface area contributed by atoms with Gasteiger partial charge in [0.1, 0.15) is 24.4 Å². The smallest absolute Gasteiger partial charge is 0.335 e. The lowest BCUT2D eigenvalue weighted by atomic mass is 9.80. The van der Waals surface area contributed by atoms with Crippen LogP contribution in [0.3, 0.4) is 0 Å². The van der Waals surface area contributed by atoms with Crippen LogP contribution in [0.15, 0.2) is 36.1 Å². The van der Waals surface area contributed by atoms with Crippen molar-refractivity contribution in [2.75, 3.05) is 13.2 Å². The zero-order valence-corrected chi connectivity index (χ0v) is 20.9. The van der Waals surface area contributed by atoms with Crippen molar-refractivity contribution >= 4 is 11.9 Å². The third-order valence-corrected chi connectivity index (χ3v) is 7.04. The molecule has 36 heavy (non-hydrogen) atoms. The van der Waals surface area contributed by atoms with Gasteiger partial charge in [-0.2, -0.15) is 0 Å². The van der Waals surface area contributed by atoms with Gasteiger partial charge in [0.25, 0.3) is 0 Å². The molecule has 0 spiro atoms. The predicted molar refractivity (Wildman–Crippen MR) is 126 cm³/mol. The topological polar surface area (TPSA) is 172 Å². The maximum atomic E-state index is 12.8. The average Bonchev–Trinajstić information content (AvgIpc) is 2.86. The van der Waals surface area contributed by atoms with E-state index < -0.39 is 61.5 Å². The van der Waals surface area contributed by atoms with Gasteiger partial charge in [0.05, 0.1) is 31.5 Å². The van der Waals surface area contributed by atoms with E-state index in [9.17, 15) is 35.1 Å². The van der Waals surface area contributed by atoms with Gasteiger partial charge in [0.15, 0.2) is 6.29 Å². The van der Waals surface area contributed by atoms with E-state index in [0.29, 0.717) is 6.42 Å². The summed E-state index contributed by atoms with van der Waals surface area (Å²) in [4.78, 5) is 24.7. The highest BCUT2D eigenvalue weighted by molar-refractivity contribution is 5.89. The van der Waals surface area contributed by atoms with E-state index in [1.807, 2.05) is 13.8 Å². The molecule has 0 aromatic carbocycles. The minimum absolute atomic E-state index is 0.163. The summed E-state index contributed by atoms with van der Waals surface area (Å²) in [5.41, 5.74) is -0.166. The number of allylic oxidation sites excluding steroid dienone is 2. The van der Waals surface area contributed by atoms with Crippen molar-refractivity contribution in [3.05, 3.63) is 36.1 Å². The molecular formula is C25H38O11. The van der Waals surface area contributed by atoms with Crippen molar-refractivity contribution < 1.29 is 54.1 Å². The first-order chi connectivity index (χ1) is 17.1. The molecule has 0 aliphatic carbocycles. The van der Waals surface area contributed by atoms with Gasteiger partial charge in [-0.05, 0) is 26.2 Å². The second kappa shape index (κ2) is 13.3. The van der Waals surface area contributed by atoms with Gasteiger partial charge < -0.3 is 44.5 Å². The van der Waals surface area contributed by atoms with Crippen LogP contribution in [0.25, 0.3) is 0 Å². The van der Waals surface area contributed by atoms with Crippen molar-refractivity contribution in [1.82, 2.24) is 0 Å². The molecule has 0 unspecified atom stereocenters. The molecule has 0 aromatic rings. The van der Waals surface area contributed by atoms with Crippen LogP contribution in [0.2, 0.25) is 0 Å². The number of carbonyl (C=O) groups excluding carboxylic acids is 1. The molecule has 1 saturated heterocycles. The molecule has 2 rings (SSSR count). The summed E-state index contributed by atoms with van der Waals surface area (Å²) in [7, 11) is 0. The molecule has 0 radical (unpaired) electrons. The Morgan fingerprint density at radius 3 is 2.36 bits per heavy atom. The number of esters is 1. The molecule has 0 bridgehead atoms. The number of aliphatic carboxylic acids is 1. The van der Waals surface area contributed by atoms with Crippen molar-refractivity contribution in [1.29, 1.82) is 0 Å². The van der Waals surface area contributed by atoms with Gasteiger partial charge in [-0.1, -0.05) is 26.0 Å². The average molecular weight is 515 g/mol. The molecule has 0 saturated carbocycles. The number of hydrogen-bond donors (Lipinski definition) is 5. The molecule has 7 atom stereocenters. The van der Waals surface area contributed by atoms with Gasteiger partial charge >= 0.3 is 11.9 Å². The number of aliphatic hydroxyl groups is 4. The maximum absolute atomic E-state index is 12.8. The van der Waals surface area contributed by atoms with E-state index in [0.717, 1.165) is 19.1 Å². The third kappa shape index (κ3) is 6.72. The summed E-state index contributed by atoms with van der Waals surface area (Å²) in [5, 5.41) is 49.4. The standard InChI is InChI=1S/C25H38O11/c1-5-9-25(7-3,8-4)13-34-18(27)10-15-14(6-2)23(33-12-16(15)22(31)32)36-24-21(30)20(29)19(28)17(11-26)35-24/h5-6,12,15,17,19-21,23-24,26,28-30H,1,7-11,13H2,2-4H3,(H,31,32)/b14-6+/t15-,17+,19+,20-,21+,23-,24-/m0/s1. The Labute approximate surface area is 210 Å². The van der Waals surface area contributed by atoms with Crippen molar-refractivity contribution in [3.63, 3.8) is 0 Å².